The molecule has 4 N–H and O–H groups in total. The van der Waals surface area contributed by atoms with E-state index in [1.165, 1.54) is 11.3 Å². The molecule has 6 nitrogen and oxygen atoms in total. The number of aromatic nitrogens is 1. The Labute approximate surface area is 103 Å². The number of carboxylic acids is 1. The van der Waals surface area contributed by atoms with Crippen LogP contribution in [0, 0.1) is 0 Å². The van der Waals surface area contributed by atoms with E-state index in [-0.39, 0.29) is 12.8 Å². The van der Waals surface area contributed by atoms with Crippen molar-refractivity contribution in [3.8, 4) is 0 Å². The number of amides is 1. The van der Waals surface area contributed by atoms with E-state index in [0.717, 1.165) is 0 Å². The van der Waals surface area contributed by atoms with Crippen LogP contribution in [0.2, 0.25) is 0 Å². The second-order valence-corrected chi connectivity index (χ2v) is 5.22. The maximum atomic E-state index is 10.8. The molecule has 0 aliphatic rings. The van der Waals surface area contributed by atoms with Crippen LogP contribution in [0.3, 0.4) is 0 Å². The summed E-state index contributed by atoms with van der Waals surface area (Å²) in [6.45, 7) is 3.66. The van der Waals surface area contributed by atoms with E-state index in [1.54, 1.807) is 5.38 Å². The normalized spacial score (nSPS) is 11.2. The molecule has 0 saturated heterocycles. The third-order valence-electron chi connectivity index (χ3n) is 1.95. The number of anilines is 1. The number of nitrogens with two attached hydrogens (primary N) is 1. The van der Waals surface area contributed by atoms with Crippen molar-refractivity contribution in [2.24, 2.45) is 5.73 Å². The second kappa shape index (κ2) is 5.13. The first kappa shape index (κ1) is 13.4. The SMILES string of the molecule is CC(C)(CC(N)=O)Nc1nc(CC(=O)O)cs1. The van der Waals surface area contributed by atoms with E-state index >= 15 is 0 Å². The van der Waals surface area contributed by atoms with Crippen LogP contribution in [0.15, 0.2) is 5.38 Å². The van der Waals surface area contributed by atoms with E-state index in [0.29, 0.717) is 10.8 Å². The average molecular weight is 257 g/mol. The fourth-order valence-corrected chi connectivity index (χ4v) is 2.26. The van der Waals surface area contributed by atoms with Crippen molar-refractivity contribution in [3.05, 3.63) is 11.1 Å². The quantitative estimate of drug-likeness (QED) is 0.700. The van der Waals surface area contributed by atoms with Crippen molar-refractivity contribution >= 4 is 28.3 Å². The van der Waals surface area contributed by atoms with Crippen LogP contribution in [0.1, 0.15) is 26.0 Å². The second-order valence-electron chi connectivity index (χ2n) is 4.37. The van der Waals surface area contributed by atoms with Gasteiger partial charge in [0.15, 0.2) is 5.13 Å². The van der Waals surface area contributed by atoms with E-state index in [4.69, 9.17) is 10.8 Å². The van der Waals surface area contributed by atoms with Crippen molar-refractivity contribution in [2.45, 2.75) is 32.2 Å². The lowest BCUT2D eigenvalue weighted by Gasteiger charge is -2.24. The monoisotopic (exact) mass is 257 g/mol. The molecule has 1 aromatic rings. The van der Waals surface area contributed by atoms with Crippen molar-refractivity contribution < 1.29 is 14.7 Å². The van der Waals surface area contributed by atoms with Crippen LogP contribution in [-0.4, -0.2) is 27.5 Å². The minimum absolute atomic E-state index is 0.103. The van der Waals surface area contributed by atoms with Crippen LogP contribution >= 0.6 is 11.3 Å². The number of carbonyl (C=O) groups excluding carboxylic acids is 1. The molecule has 0 aliphatic heterocycles. The van der Waals surface area contributed by atoms with Gasteiger partial charge in [0, 0.05) is 17.3 Å². The van der Waals surface area contributed by atoms with Crippen molar-refractivity contribution in [3.63, 3.8) is 0 Å². The van der Waals surface area contributed by atoms with Crippen molar-refractivity contribution in [1.82, 2.24) is 4.98 Å². The van der Waals surface area contributed by atoms with E-state index in [9.17, 15) is 9.59 Å². The highest BCUT2D eigenvalue weighted by molar-refractivity contribution is 7.13. The number of aliphatic carboxylic acids is 1. The Morgan fingerprint density at radius 1 is 1.59 bits per heavy atom. The maximum Gasteiger partial charge on any atom is 0.309 e. The molecular formula is C10H15N3O3S. The fraction of sp³-hybridized carbons (Fsp3) is 0.500. The van der Waals surface area contributed by atoms with Crippen LogP contribution in [0.25, 0.3) is 0 Å². The van der Waals surface area contributed by atoms with Crippen molar-refractivity contribution in [1.29, 1.82) is 0 Å². The summed E-state index contributed by atoms with van der Waals surface area (Å²) in [5.41, 5.74) is 5.13. The lowest BCUT2D eigenvalue weighted by molar-refractivity contribution is -0.136. The number of hydrogen-bond donors (Lipinski definition) is 3. The summed E-state index contributed by atoms with van der Waals surface area (Å²) in [7, 11) is 0. The van der Waals surface area contributed by atoms with Crippen molar-refractivity contribution in [2.75, 3.05) is 5.32 Å². The van der Waals surface area contributed by atoms with Crippen LogP contribution in [-0.2, 0) is 16.0 Å². The van der Waals surface area contributed by atoms with Crippen LogP contribution in [0.5, 0.6) is 0 Å². The molecule has 0 spiro atoms. The van der Waals surface area contributed by atoms with E-state index in [2.05, 4.69) is 10.3 Å². The number of carboxylic acid groups (broad SMARTS) is 1. The number of rotatable bonds is 6. The molecule has 0 radical (unpaired) electrons. The number of hydrogen-bond acceptors (Lipinski definition) is 5. The Morgan fingerprint density at radius 3 is 2.76 bits per heavy atom. The summed E-state index contributed by atoms with van der Waals surface area (Å²) < 4.78 is 0. The average Bonchev–Trinajstić information content (AvgIpc) is 2.46. The Morgan fingerprint density at radius 2 is 2.24 bits per heavy atom. The molecule has 0 aromatic carbocycles. The largest absolute Gasteiger partial charge is 0.481 e. The number of nitrogens with one attached hydrogen (secondary N) is 1. The highest BCUT2D eigenvalue weighted by Crippen LogP contribution is 2.22. The molecule has 1 aromatic heterocycles. The topological polar surface area (TPSA) is 105 Å². The Hall–Kier alpha value is -1.63. The van der Waals surface area contributed by atoms with Gasteiger partial charge in [-0.05, 0) is 13.8 Å². The molecule has 94 valence electrons. The predicted molar refractivity (Wildman–Crippen MR) is 65.0 cm³/mol. The first-order valence-electron chi connectivity index (χ1n) is 5.01. The zero-order valence-corrected chi connectivity index (χ0v) is 10.5. The molecule has 0 fully saturated rings. The van der Waals surface area contributed by atoms with Gasteiger partial charge in [-0.15, -0.1) is 11.3 Å². The highest BCUT2D eigenvalue weighted by Gasteiger charge is 2.21. The van der Waals surface area contributed by atoms with E-state index < -0.39 is 17.4 Å². The summed E-state index contributed by atoms with van der Waals surface area (Å²) in [6, 6.07) is 0. The fourth-order valence-electron chi connectivity index (χ4n) is 1.37. The highest BCUT2D eigenvalue weighted by atomic mass is 32.1. The summed E-state index contributed by atoms with van der Waals surface area (Å²) in [5.74, 6) is -1.32. The van der Waals surface area contributed by atoms with Gasteiger partial charge in [-0.1, -0.05) is 0 Å². The van der Waals surface area contributed by atoms with Gasteiger partial charge in [0.1, 0.15) is 0 Å². The van der Waals surface area contributed by atoms with Gasteiger partial charge in [0.05, 0.1) is 12.1 Å². The molecule has 1 heterocycles. The smallest absolute Gasteiger partial charge is 0.309 e. The zero-order valence-electron chi connectivity index (χ0n) is 9.69. The molecule has 17 heavy (non-hydrogen) atoms. The summed E-state index contributed by atoms with van der Waals surface area (Å²) >= 11 is 1.31. The summed E-state index contributed by atoms with van der Waals surface area (Å²) in [4.78, 5) is 25.5. The van der Waals surface area contributed by atoms with Gasteiger partial charge in [-0.3, -0.25) is 9.59 Å². The lowest BCUT2D eigenvalue weighted by atomic mass is 10.0. The maximum absolute atomic E-state index is 10.8. The van der Waals surface area contributed by atoms with Crippen LogP contribution in [0.4, 0.5) is 5.13 Å². The molecule has 0 bridgehead atoms. The Balaban J connectivity index is 2.65. The molecule has 1 rings (SSSR count). The number of carbonyl (C=O) groups is 2. The third kappa shape index (κ3) is 4.81. The van der Waals surface area contributed by atoms with Gasteiger partial charge in [-0.25, -0.2) is 4.98 Å². The minimum atomic E-state index is -0.918. The zero-order chi connectivity index (χ0) is 13.1. The van der Waals surface area contributed by atoms with Crippen LogP contribution < -0.4 is 11.1 Å². The third-order valence-corrected chi connectivity index (χ3v) is 2.75. The Bertz CT molecular complexity index is 428. The predicted octanol–water partition coefficient (Wildman–Crippen LogP) is 0.836. The van der Waals surface area contributed by atoms with Gasteiger partial charge < -0.3 is 16.2 Å². The summed E-state index contributed by atoms with van der Waals surface area (Å²) in [6.07, 6.45) is 0.0786. The number of thiazole rings is 1. The Kier molecular flexibility index (Phi) is 4.06. The van der Waals surface area contributed by atoms with Gasteiger partial charge >= 0.3 is 5.97 Å². The molecule has 0 unspecified atom stereocenters. The first-order valence-corrected chi connectivity index (χ1v) is 5.89. The van der Waals surface area contributed by atoms with E-state index in [1.807, 2.05) is 13.8 Å². The standard InChI is InChI=1S/C10H15N3O3S/c1-10(2,4-7(11)14)13-9-12-6(5-17-9)3-8(15)16/h5H,3-4H2,1-2H3,(H2,11,14)(H,12,13)(H,15,16). The molecule has 0 aliphatic carbocycles. The number of primary amides is 1. The van der Waals surface area contributed by atoms with Gasteiger partial charge in [-0.2, -0.15) is 0 Å². The first-order chi connectivity index (χ1) is 7.78. The molecular weight excluding hydrogens is 242 g/mol. The van der Waals surface area contributed by atoms with Gasteiger partial charge in [0.2, 0.25) is 5.91 Å². The molecule has 7 heteroatoms. The summed E-state index contributed by atoms with van der Waals surface area (Å²) in [5, 5.41) is 13.9. The number of nitrogens with zero attached hydrogens (tertiary/aromatic N) is 1. The van der Waals surface area contributed by atoms with Gasteiger partial charge in [0.25, 0.3) is 0 Å². The minimum Gasteiger partial charge on any atom is -0.481 e. The lowest BCUT2D eigenvalue weighted by Crippen LogP contribution is -2.35. The molecule has 0 saturated carbocycles. The molecule has 0 atom stereocenters. The molecule has 1 amide bonds.